The smallest absolute Gasteiger partial charge is 0.354 e. The Balaban J connectivity index is 2.22. The molecule has 2 heterocycles. The van der Waals surface area contributed by atoms with Gasteiger partial charge in [0.2, 0.25) is 0 Å². The highest BCUT2D eigenvalue weighted by Crippen LogP contribution is 2.41. The lowest BCUT2D eigenvalue weighted by molar-refractivity contribution is -0.142. The summed E-state index contributed by atoms with van der Waals surface area (Å²) in [4.78, 5) is 15.6. The molecule has 0 aromatic carbocycles. The average molecular weight is 284 g/mol. The first-order valence-corrected chi connectivity index (χ1v) is 6.10. The lowest BCUT2D eigenvalue weighted by atomic mass is 10.2. The second-order valence-electron chi connectivity index (χ2n) is 4.72. The number of nitrogens with zero attached hydrogens (tertiary/aromatic N) is 3. The van der Waals surface area contributed by atoms with Crippen LogP contribution in [0.25, 0.3) is 5.65 Å². The topological polar surface area (TPSA) is 59.3 Å². The number of carbonyl (C=O) groups excluding carboxylic acids is 1. The van der Waals surface area contributed by atoms with Crippen molar-refractivity contribution in [3.05, 3.63) is 29.2 Å². The fourth-order valence-corrected chi connectivity index (χ4v) is 2.02. The maximum absolute atomic E-state index is 13.1. The molecule has 1 saturated carbocycles. The first-order chi connectivity index (χ1) is 9.40. The van der Waals surface area contributed by atoms with E-state index in [0.29, 0.717) is 10.2 Å². The monoisotopic (exact) mass is 284 g/mol. The molecule has 20 heavy (non-hydrogen) atoms. The molecule has 1 fully saturated rings. The van der Waals surface area contributed by atoms with Crippen molar-refractivity contribution in [1.29, 1.82) is 0 Å². The summed E-state index contributed by atoms with van der Waals surface area (Å²) in [5.41, 5.74) is -0.536. The quantitative estimate of drug-likeness (QED) is 0.917. The van der Waals surface area contributed by atoms with Gasteiger partial charge in [-0.25, -0.2) is 9.50 Å². The van der Waals surface area contributed by atoms with E-state index in [1.807, 2.05) is 0 Å². The fraction of sp³-hybridized carbons (Fsp3) is 0.417. The summed E-state index contributed by atoms with van der Waals surface area (Å²) in [7, 11) is 1.39. The molecule has 8 heteroatoms. The molecule has 3 rings (SSSR count). The Kier molecular flexibility index (Phi) is 2.70. The average Bonchev–Trinajstić information content (AvgIpc) is 3.14. The minimum atomic E-state index is -4.54. The van der Waals surface area contributed by atoms with Gasteiger partial charge < -0.3 is 5.32 Å². The Hall–Kier alpha value is -2.12. The number of carbonyl (C=O) groups is 1. The molecule has 2 aromatic heterocycles. The van der Waals surface area contributed by atoms with Gasteiger partial charge in [0.1, 0.15) is 5.69 Å². The van der Waals surface area contributed by atoms with Crippen LogP contribution in [-0.4, -0.2) is 27.6 Å². The minimum Gasteiger partial charge on any atom is -0.354 e. The molecule has 0 saturated heterocycles. The van der Waals surface area contributed by atoms with E-state index in [-0.39, 0.29) is 17.3 Å². The van der Waals surface area contributed by atoms with Gasteiger partial charge >= 0.3 is 6.18 Å². The normalized spacial score (nSPS) is 15.6. The number of amides is 1. The summed E-state index contributed by atoms with van der Waals surface area (Å²) >= 11 is 0. The van der Waals surface area contributed by atoms with Crippen LogP contribution in [0.5, 0.6) is 0 Å². The van der Waals surface area contributed by atoms with Gasteiger partial charge in [-0.05, 0) is 18.9 Å². The SMILES string of the molecule is CNC(=O)c1cc2nc(C3CC3)cc(C(F)(F)F)n2n1. The molecule has 0 radical (unpaired) electrons. The molecule has 5 nitrogen and oxygen atoms in total. The Morgan fingerprint density at radius 3 is 2.65 bits per heavy atom. The highest BCUT2D eigenvalue weighted by Gasteiger charge is 2.37. The molecule has 0 spiro atoms. The highest BCUT2D eigenvalue weighted by molar-refractivity contribution is 5.93. The van der Waals surface area contributed by atoms with Crippen LogP contribution in [0.4, 0.5) is 13.2 Å². The number of fused-ring (bicyclic) bond motifs is 1. The van der Waals surface area contributed by atoms with Crippen LogP contribution in [0.15, 0.2) is 12.1 Å². The van der Waals surface area contributed by atoms with E-state index in [1.54, 1.807) is 0 Å². The summed E-state index contributed by atoms with van der Waals surface area (Å²) in [5.74, 6) is -0.462. The van der Waals surface area contributed by atoms with Crippen LogP contribution in [0, 0.1) is 0 Å². The Bertz CT molecular complexity index is 688. The van der Waals surface area contributed by atoms with Crippen LogP contribution in [0.2, 0.25) is 0 Å². The predicted molar refractivity (Wildman–Crippen MR) is 63.4 cm³/mol. The van der Waals surface area contributed by atoms with Crippen LogP contribution in [-0.2, 0) is 6.18 Å². The van der Waals surface area contributed by atoms with Crippen LogP contribution in [0.3, 0.4) is 0 Å². The van der Waals surface area contributed by atoms with Crippen molar-refractivity contribution in [3.8, 4) is 0 Å². The zero-order valence-electron chi connectivity index (χ0n) is 10.5. The van der Waals surface area contributed by atoms with Gasteiger partial charge in [-0.1, -0.05) is 0 Å². The third-order valence-corrected chi connectivity index (χ3v) is 3.19. The standard InChI is InChI=1S/C12H11F3N4O/c1-16-11(20)8-5-10-17-7(6-2-3-6)4-9(12(13,14)15)19(10)18-8/h4-6H,2-3H2,1H3,(H,16,20). The van der Waals surface area contributed by atoms with Gasteiger partial charge in [-0.15, -0.1) is 0 Å². The Labute approximate surface area is 111 Å². The van der Waals surface area contributed by atoms with Gasteiger partial charge in [-0.2, -0.15) is 18.3 Å². The number of hydrogen-bond donors (Lipinski definition) is 1. The van der Waals surface area contributed by atoms with E-state index in [9.17, 15) is 18.0 Å². The van der Waals surface area contributed by atoms with Crippen molar-refractivity contribution in [2.75, 3.05) is 7.05 Å². The van der Waals surface area contributed by atoms with Crippen molar-refractivity contribution in [2.45, 2.75) is 24.9 Å². The van der Waals surface area contributed by atoms with Crippen molar-refractivity contribution in [2.24, 2.45) is 0 Å². The number of hydrogen-bond acceptors (Lipinski definition) is 3. The van der Waals surface area contributed by atoms with Crippen molar-refractivity contribution >= 4 is 11.6 Å². The van der Waals surface area contributed by atoms with E-state index >= 15 is 0 Å². The van der Waals surface area contributed by atoms with Crippen molar-refractivity contribution in [1.82, 2.24) is 19.9 Å². The van der Waals surface area contributed by atoms with Crippen LogP contribution < -0.4 is 5.32 Å². The first-order valence-electron chi connectivity index (χ1n) is 6.10. The fourth-order valence-electron chi connectivity index (χ4n) is 2.02. The Morgan fingerprint density at radius 1 is 1.40 bits per heavy atom. The molecule has 0 bridgehead atoms. The van der Waals surface area contributed by atoms with Gasteiger partial charge in [0.15, 0.2) is 11.3 Å². The van der Waals surface area contributed by atoms with Crippen LogP contribution in [0.1, 0.15) is 40.6 Å². The third kappa shape index (κ3) is 2.10. The van der Waals surface area contributed by atoms with Gasteiger partial charge in [0.25, 0.3) is 5.91 Å². The molecule has 1 aliphatic carbocycles. The van der Waals surface area contributed by atoms with Crippen molar-refractivity contribution < 1.29 is 18.0 Å². The van der Waals surface area contributed by atoms with E-state index in [1.165, 1.54) is 13.1 Å². The largest absolute Gasteiger partial charge is 0.433 e. The molecule has 0 aliphatic heterocycles. The molecule has 0 unspecified atom stereocenters. The predicted octanol–water partition coefficient (Wildman–Crippen LogP) is 1.99. The summed E-state index contributed by atoms with van der Waals surface area (Å²) in [5, 5.41) is 6.02. The van der Waals surface area contributed by atoms with Gasteiger partial charge in [0.05, 0.1) is 0 Å². The lowest BCUT2D eigenvalue weighted by Crippen LogP contribution is -2.19. The second-order valence-corrected chi connectivity index (χ2v) is 4.72. The maximum atomic E-state index is 13.1. The van der Waals surface area contributed by atoms with E-state index in [0.717, 1.165) is 18.9 Å². The second kappa shape index (κ2) is 4.19. The van der Waals surface area contributed by atoms with E-state index in [4.69, 9.17) is 0 Å². The molecule has 2 aromatic rings. The summed E-state index contributed by atoms with van der Waals surface area (Å²) in [6.45, 7) is 0. The lowest BCUT2D eigenvalue weighted by Gasteiger charge is -2.10. The zero-order chi connectivity index (χ0) is 14.5. The summed E-state index contributed by atoms with van der Waals surface area (Å²) in [6, 6.07) is 2.28. The molecular formula is C12H11F3N4O. The number of aromatic nitrogens is 3. The number of alkyl halides is 3. The first kappa shape index (κ1) is 12.9. The highest BCUT2D eigenvalue weighted by atomic mass is 19.4. The van der Waals surface area contributed by atoms with Gasteiger partial charge in [0, 0.05) is 24.7 Å². The molecule has 1 aliphatic rings. The number of nitrogens with one attached hydrogen (secondary N) is 1. The van der Waals surface area contributed by atoms with Crippen LogP contribution >= 0.6 is 0 Å². The number of rotatable bonds is 2. The zero-order valence-corrected chi connectivity index (χ0v) is 10.5. The third-order valence-electron chi connectivity index (χ3n) is 3.19. The molecule has 106 valence electrons. The van der Waals surface area contributed by atoms with Crippen molar-refractivity contribution in [3.63, 3.8) is 0 Å². The van der Waals surface area contributed by atoms with Gasteiger partial charge in [-0.3, -0.25) is 4.79 Å². The summed E-state index contributed by atoms with van der Waals surface area (Å²) < 4.78 is 39.9. The molecule has 1 N–H and O–H groups in total. The van der Waals surface area contributed by atoms with E-state index < -0.39 is 17.8 Å². The molecule has 1 amide bonds. The number of halogens is 3. The molecule has 0 atom stereocenters. The minimum absolute atomic E-state index is 0.0420. The maximum Gasteiger partial charge on any atom is 0.433 e. The summed E-state index contributed by atoms with van der Waals surface area (Å²) in [6.07, 6.45) is -2.86. The molecular weight excluding hydrogens is 273 g/mol. The van der Waals surface area contributed by atoms with E-state index in [2.05, 4.69) is 15.4 Å². The Morgan fingerprint density at radius 2 is 2.10 bits per heavy atom.